The van der Waals surface area contributed by atoms with E-state index in [4.69, 9.17) is 0 Å². The lowest BCUT2D eigenvalue weighted by Gasteiger charge is -2.18. The lowest BCUT2D eigenvalue weighted by Crippen LogP contribution is -2.33. The van der Waals surface area contributed by atoms with Gasteiger partial charge in [0.2, 0.25) is 5.91 Å². The van der Waals surface area contributed by atoms with Crippen molar-refractivity contribution in [3.63, 3.8) is 0 Å². The Morgan fingerprint density at radius 3 is 2.81 bits per heavy atom. The third kappa shape index (κ3) is 3.98. The summed E-state index contributed by atoms with van der Waals surface area (Å²) in [6.45, 7) is 1.32. The van der Waals surface area contributed by atoms with Crippen LogP contribution >= 0.6 is 22.7 Å². The van der Waals surface area contributed by atoms with E-state index in [-0.39, 0.29) is 40.5 Å². The summed E-state index contributed by atoms with van der Waals surface area (Å²) in [5.41, 5.74) is 0. The molecule has 12 heteroatoms. The molecule has 1 aliphatic rings. The lowest BCUT2D eigenvalue weighted by molar-refractivity contribution is -0.114. The number of nitrogens with zero attached hydrogens (tertiary/aromatic N) is 2. The molecule has 1 N–H and O–H groups in total. The number of carbonyl (C=O) groups excluding carboxylic acids is 1. The average Bonchev–Trinajstić information content (AvgIpc) is 3.18. The Morgan fingerprint density at radius 1 is 1.38 bits per heavy atom. The second-order valence-electron chi connectivity index (χ2n) is 5.73. The molecule has 1 saturated heterocycles. The summed E-state index contributed by atoms with van der Waals surface area (Å²) in [5.74, 6) is -0.574. The van der Waals surface area contributed by atoms with Gasteiger partial charge in [-0.15, -0.1) is 11.3 Å². The Morgan fingerprint density at radius 2 is 2.15 bits per heavy atom. The number of hydrogen-bond acceptors (Lipinski definition) is 8. The van der Waals surface area contributed by atoms with Crippen molar-refractivity contribution < 1.29 is 21.6 Å². The second kappa shape index (κ2) is 7.35. The molecule has 1 atom stereocenters. The molecule has 1 fully saturated rings. The number of aromatic nitrogens is 1. The van der Waals surface area contributed by atoms with Crippen LogP contribution in [-0.2, 0) is 24.7 Å². The van der Waals surface area contributed by atoms with Crippen molar-refractivity contribution >= 4 is 53.6 Å². The van der Waals surface area contributed by atoms with Gasteiger partial charge in [0.05, 0.1) is 17.2 Å². The van der Waals surface area contributed by atoms with E-state index >= 15 is 0 Å². The smallest absolute Gasteiger partial charge is 0.254 e. The molecular weight excluding hydrogens is 418 g/mol. The Bertz CT molecular complexity index is 995. The van der Waals surface area contributed by atoms with E-state index in [0.717, 1.165) is 16.2 Å². The van der Waals surface area contributed by atoms with Gasteiger partial charge in [-0.2, -0.15) is 4.31 Å². The van der Waals surface area contributed by atoms with Crippen LogP contribution < -0.4 is 5.32 Å². The minimum atomic E-state index is -3.87. The Labute approximate surface area is 159 Å². The highest BCUT2D eigenvalue weighted by Gasteiger charge is 2.36. The van der Waals surface area contributed by atoms with E-state index < -0.39 is 25.1 Å². The summed E-state index contributed by atoms with van der Waals surface area (Å²) in [4.78, 5) is 15.7. The highest BCUT2D eigenvalue weighted by molar-refractivity contribution is 7.92. The first-order valence-corrected chi connectivity index (χ1v) is 12.5. The first kappa shape index (κ1) is 19.4. The zero-order chi connectivity index (χ0) is 18.9. The van der Waals surface area contributed by atoms with Gasteiger partial charge in [0, 0.05) is 24.9 Å². The van der Waals surface area contributed by atoms with E-state index in [1.807, 2.05) is 5.38 Å². The summed E-state index contributed by atoms with van der Waals surface area (Å²) >= 11 is 2.21. The molecule has 26 heavy (non-hydrogen) atoms. The van der Waals surface area contributed by atoms with Crippen LogP contribution in [0.15, 0.2) is 27.9 Å². The van der Waals surface area contributed by atoms with Gasteiger partial charge in [0.1, 0.15) is 0 Å². The largest absolute Gasteiger partial charge is 0.302 e. The molecule has 3 rings (SSSR count). The van der Waals surface area contributed by atoms with Gasteiger partial charge in [-0.3, -0.25) is 4.79 Å². The number of thiazole rings is 1. The first-order chi connectivity index (χ1) is 12.2. The predicted octanol–water partition coefficient (Wildman–Crippen LogP) is 1.71. The molecule has 2 aromatic heterocycles. The number of thiophene rings is 1. The van der Waals surface area contributed by atoms with E-state index in [9.17, 15) is 21.6 Å². The topological polar surface area (TPSA) is 114 Å². The third-order valence-electron chi connectivity index (χ3n) is 3.92. The minimum absolute atomic E-state index is 0.0202. The normalized spacial score (nSPS) is 21.2. The Kier molecular flexibility index (Phi) is 5.49. The number of rotatable bonds is 4. The molecule has 0 aromatic carbocycles. The van der Waals surface area contributed by atoms with Gasteiger partial charge >= 0.3 is 0 Å². The van der Waals surface area contributed by atoms with Crippen LogP contribution in [0.4, 0.5) is 5.13 Å². The van der Waals surface area contributed by atoms with Crippen molar-refractivity contribution in [2.75, 3.05) is 24.2 Å². The van der Waals surface area contributed by atoms with Crippen LogP contribution in [-0.4, -0.2) is 50.9 Å². The summed E-state index contributed by atoms with van der Waals surface area (Å²) < 4.78 is 52.0. The van der Waals surface area contributed by atoms with E-state index in [2.05, 4.69) is 10.3 Å². The fraction of sp³-hybridized carbons (Fsp3) is 0.429. The van der Waals surface area contributed by atoms with Gasteiger partial charge in [0.15, 0.2) is 19.2 Å². The number of sulfone groups is 1. The van der Waals surface area contributed by atoms with Crippen molar-refractivity contribution in [2.24, 2.45) is 0 Å². The van der Waals surface area contributed by atoms with E-state index in [1.54, 1.807) is 12.1 Å². The van der Waals surface area contributed by atoms with E-state index in [0.29, 0.717) is 0 Å². The van der Waals surface area contributed by atoms with Gasteiger partial charge in [0.25, 0.3) is 10.0 Å². The molecule has 1 aliphatic heterocycles. The molecule has 0 aliphatic carbocycles. The number of hydrogen-bond donors (Lipinski definition) is 1. The van der Waals surface area contributed by atoms with Crippen LogP contribution in [0, 0.1) is 0 Å². The lowest BCUT2D eigenvalue weighted by atomic mass is 10.2. The monoisotopic (exact) mass is 435 g/mol. The number of amides is 1. The van der Waals surface area contributed by atoms with Crippen molar-refractivity contribution in [1.82, 2.24) is 9.29 Å². The maximum atomic E-state index is 12.8. The summed E-state index contributed by atoms with van der Waals surface area (Å²) in [5, 5.41) is 3.76. The summed E-state index contributed by atoms with van der Waals surface area (Å²) in [6, 6.07) is 3.55. The molecule has 0 saturated carbocycles. The molecule has 1 amide bonds. The second-order valence-corrected chi connectivity index (χ2v) is 12.2. The quantitative estimate of drug-likeness (QED) is 0.782. The molecule has 1 unspecified atom stereocenters. The molecule has 3 heterocycles. The highest BCUT2D eigenvalue weighted by Crippen LogP contribution is 2.34. The van der Waals surface area contributed by atoms with Crippen LogP contribution in [0.2, 0.25) is 0 Å². The molecule has 0 radical (unpaired) electrons. The molecule has 142 valence electrons. The van der Waals surface area contributed by atoms with Crippen molar-refractivity contribution in [3.05, 3.63) is 28.6 Å². The molecule has 0 bridgehead atoms. The summed E-state index contributed by atoms with van der Waals surface area (Å²) in [7, 11) is -7.30. The van der Waals surface area contributed by atoms with E-state index in [1.165, 1.54) is 28.8 Å². The molecular formula is C14H17N3O5S4. The molecule has 2 aromatic rings. The standard InChI is InChI=1S/C14H17N3O5S4/c1-10(18)16-14-15-9-13(24-14)26(21,22)17-5-4-12(11-3-2-7-23-11)25(19,20)8-6-17/h2-3,7,9,12H,4-6,8H2,1H3,(H,15,16,18). The number of sulfonamides is 1. The number of carbonyl (C=O) groups is 1. The van der Waals surface area contributed by atoms with Gasteiger partial charge in [-0.05, 0) is 17.9 Å². The fourth-order valence-electron chi connectivity index (χ4n) is 2.67. The fourth-order valence-corrected chi connectivity index (χ4v) is 8.48. The SMILES string of the molecule is CC(=O)Nc1ncc(S(=O)(=O)N2CCC(c3cccs3)S(=O)(=O)CC2)s1. The summed E-state index contributed by atoms with van der Waals surface area (Å²) in [6.07, 6.45) is 1.39. The van der Waals surface area contributed by atoms with Crippen molar-refractivity contribution in [1.29, 1.82) is 0 Å². The average molecular weight is 436 g/mol. The predicted molar refractivity (Wildman–Crippen MR) is 101 cm³/mol. The zero-order valence-electron chi connectivity index (χ0n) is 13.8. The number of anilines is 1. The molecule has 0 spiro atoms. The highest BCUT2D eigenvalue weighted by atomic mass is 32.2. The van der Waals surface area contributed by atoms with Crippen molar-refractivity contribution in [2.45, 2.75) is 22.8 Å². The van der Waals surface area contributed by atoms with Gasteiger partial charge in [-0.25, -0.2) is 21.8 Å². The van der Waals surface area contributed by atoms with Crippen LogP contribution in [0.1, 0.15) is 23.5 Å². The van der Waals surface area contributed by atoms with Crippen LogP contribution in [0.25, 0.3) is 0 Å². The van der Waals surface area contributed by atoms with Crippen molar-refractivity contribution in [3.8, 4) is 0 Å². The van der Waals surface area contributed by atoms with Crippen LogP contribution in [0.3, 0.4) is 0 Å². The van der Waals surface area contributed by atoms with Gasteiger partial charge < -0.3 is 5.32 Å². The minimum Gasteiger partial charge on any atom is -0.302 e. The maximum Gasteiger partial charge on any atom is 0.254 e. The van der Waals surface area contributed by atoms with Crippen LogP contribution in [0.5, 0.6) is 0 Å². The van der Waals surface area contributed by atoms with Gasteiger partial charge in [-0.1, -0.05) is 17.4 Å². The first-order valence-electron chi connectivity index (χ1n) is 7.69. The maximum absolute atomic E-state index is 12.8. The number of nitrogens with one attached hydrogen (secondary N) is 1. The Hall–Kier alpha value is -1.34. The zero-order valence-corrected chi connectivity index (χ0v) is 17.0. The Balaban J connectivity index is 1.83. The molecule has 8 nitrogen and oxygen atoms in total. The third-order valence-corrected chi connectivity index (χ3v) is 10.4.